The molecule has 1 atom stereocenters. The molecule has 0 saturated heterocycles. The summed E-state index contributed by atoms with van der Waals surface area (Å²) in [6.45, 7) is 0.960. The first-order valence-corrected chi connectivity index (χ1v) is 6.24. The highest BCUT2D eigenvalue weighted by Gasteiger charge is 2.15. The van der Waals surface area contributed by atoms with Gasteiger partial charge < -0.3 is 15.2 Å². The predicted octanol–water partition coefficient (Wildman–Crippen LogP) is 2.61. The summed E-state index contributed by atoms with van der Waals surface area (Å²) >= 11 is 17.4. The molecule has 0 spiro atoms. The molecule has 1 aromatic rings. The molecule has 1 aromatic carbocycles. The molecule has 0 aliphatic carbocycles. The van der Waals surface area contributed by atoms with Crippen LogP contribution in [0.25, 0.3) is 0 Å². The lowest BCUT2D eigenvalue weighted by Gasteiger charge is -2.11. The average molecular weight is 327 g/mol. The summed E-state index contributed by atoms with van der Waals surface area (Å²) in [6, 6.07) is 1.76. The molecule has 2 N–H and O–H groups in total. The zero-order valence-electron chi connectivity index (χ0n) is 9.75. The molecule has 0 fully saturated rings. The Morgan fingerprint density at radius 1 is 1.26 bits per heavy atom. The normalized spacial score (nSPS) is 11.8. The molecule has 19 heavy (non-hydrogen) atoms. The summed E-state index contributed by atoms with van der Waals surface area (Å²) in [5, 5.41) is 11.6. The summed E-state index contributed by atoms with van der Waals surface area (Å²) < 4.78 is 5.14. The number of nitrogens with one attached hydrogen (secondary N) is 1. The quantitative estimate of drug-likeness (QED) is 0.816. The van der Waals surface area contributed by atoms with Crippen molar-refractivity contribution in [1.29, 1.82) is 0 Å². The van der Waals surface area contributed by atoms with Crippen LogP contribution in [0.1, 0.15) is 6.92 Å². The largest absolute Gasteiger partial charge is 0.482 e. The van der Waals surface area contributed by atoms with E-state index in [0.29, 0.717) is 0 Å². The smallest absolute Gasteiger partial charge is 0.325 e. The number of halogens is 3. The Hall–Kier alpha value is -1.17. The standard InChI is InChI=1S/C11H10Cl3NO4/c1-5(11(17)18)15-10(16)4-19-9-3-7(13)6(12)2-8(9)14/h2-3,5H,4H2,1H3,(H,15,16)(H,17,18)/t5-/m1/s1. The SMILES string of the molecule is C[C@@H](NC(=O)COc1cc(Cl)c(Cl)cc1Cl)C(=O)O. The van der Waals surface area contributed by atoms with Crippen molar-refractivity contribution in [3.8, 4) is 5.75 Å². The second-order valence-corrected chi connectivity index (χ2v) is 4.83. The summed E-state index contributed by atoms with van der Waals surface area (Å²) in [6.07, 6.45) is 0. The van der Waals surface area contributed by atoms with Crippen molar-refractivity contribution in [2.75, 3.05) is 6.61 Å². The molecule has 0 bridgehead atoms. The Balaban J connectivity index is 2.60. The number of aliphatic carboxylic acids is 1. The molecular formula is C11H10Cl3NO4. The zero-order valence-corrected chi connectivity index (χ0v) is 12.0. The maximum atomic E-state index is 11.4. The Kier molecular flexibility index (Phi) is 5.72. The van der Waals surface area contributed by atoms with Crippen LogP contribution in [-0.2, 0) is 9.59 Å². The van der Waals surface area contributed by atoms with Gasteiger partial charge >= 0.3 is 5.97 Å². The second-order valence-electron chi connectivity index (χ2n) is 3.61. The summed E-state index contributed by atoms with van der Waals surface area (Å²) in [7, 11) is 0. The van der Waals surface area contributed by atoms with Gasteiger partial charge in [-0.3, -0.25) is 9.59 Å². The fourth-order valence-electron chi connectivity index (χ4n) is 1.10. The number of carbonyl (C=O) groups is 2. The topological polar surface area (TPSA) is 75.6 Å². The number of rotatable bonds is 5. The predicted molar refractivity (Wildman–Crippen MR) is 72.2 cm³/mol. The van der Waals surface area contributed by atoms with Gasteiger partial charge in [0.1, 0.15) is 11.8 Å². The van der Waals surface area contributed by atoms with E-state index in [1.54, 1.807) is 0 Å². The fraction of sp³-hybridized carbons (Fsp3) is 0.273. The van der Waals surface area contributed by atoms with Gasteiger partial charge in [-0.1, -0.05) is 34.8 Å². The maximum Gasteiger partial charge on any atom is 0.325 e. The third kappa shape index (κ3) is 4.78. The van der Waals surface area contributed by atoms with Gasteiger partial charge in [0.2, 0.25) is 0 Å². The number of ether oxygens (including phenoxy) is 1. The minimum absolute atomic E-state index is 0.189. The molecule has 8 heteroatoms. The van der Waals surface area contributed by atoms with E-state index in [0.717, 1.165) is 0 Å². The lowest BCUT2D eigenvalue weighted by atomic mass is 10.3. The number of hydrogen-bond donors (Lipinski definition) is 2. The molecule has 1 rings (SSSR count). The van der Waals surface area contributed by atoms with E-state index in [1.807, 2.05) is 0 Å². The van der Waals surface area contributed by atoms with Crippen LogP contribution in [0, 0.1) is 0 Å². The molecule has 5 nitrogen and oxygen atoms in total. The third-order valence-corrected chi connectivity index (χ3v) is 3.10. The Morgan fingerprint density at radius 2 is 1.84 bits per heavy atom. The minimum atomic E-state index is -1.14. The first-order valence-electron chi connectivity index (χ1n) is 5.10. The molecule has 1 amide bonds. The molecule has 0 aliphatic heterocycles. The van der Waals surface area contributed by atoms with Crippen molar-refractivity contribution in [1.82, 2.24) is 5.32 Å². The molecule has 0 saturated carbocycles. The molecular weight excluding hydrogens is 316 g/mol. The van der Waals surface area contributed by atoms with Gasteiger partial charge in [0.15, 0.2) is 6.61 Å². The Labute approximate surface area is 124 Å². The third-order valence-electron chi connectivity index (χ3n) is 2.08. The maximum absolute atomic E-state index is 11.4. The number of hydrogen-bond acceptors (Lipinski definition) is 3. The van der Waals surface area contributed by atoms with Crippen molar-refractivity contribution in [2.45, 2.75) is 13.0 Å². The van der Waals surface area contributed by atoms with Crippen LogP contribution in [0.4, 0.5) is 0 Å². The summed E-state index contributed by atoms with van der Waals surface area (Å²) in [5.41, 5.74) is 0. The lowest BCUT2D eigenvalue weighted by Crippen LogP contribution is -2.40. The van der Waals surface area contributed by atoms with Crippen LogP contribution < -0.4 is 10.1 Å². The van der Waals surface area contributed by atoms with Gasteiger partial charge in [0.25, 0.3) is 5.91 Å². The fourth-order valence-corrected chi connectivity index (χ4v) is 1.69. The lowest BCUT2D eigenvalue weighted by molar-refractivity contribution is -0.141. The molecule has 0 unspecified atom stereocenters. The number of carboxylic acid groups (broad SMARTS) is 1. The van der Waals surface area contributed by atoms with Crippen LogP contribution in [0.3, 0.4) is 0 Å². The first kappa shape index (κ1) is 15.9. The number of carbonyl (C=O) groups excluding carboxylic acids is 1. The van der Waals surface area contributed by atoms with E-state index in [4.69, 9.17) is 44.6 Å². The van der Waals surface area contributed by atoms with Crippen LogP contribution >= 0.6 is 34.8 Å². The van der Waals surface area contributed by atoms with Crippen LogP contribution in [0.2, 0.25) is 15.1 Å². The van der Waals surface area contributed by atoms with Crippen LogP contribution in [-0.4, -0.2) is 29.6 Å². The number of carboxylic acids is 1. The van der Waals surface area contributed by atoms with Crippen molar-refractivity contribution >= 4 is 46.7 Å². The van der Waals surface area contributed by atoms with Gasteiger partial charge in [-0.2, -0.15) is 0 Å². The van der Waals surface area contributed by atoms with Crippen molar-refractivity contribution < 1.29 is 19.4 Å². The monoisotopic (exact) mass is 325 g/mol. The molecule has 0 radical (unpaired) electrons. The molecule has 0 aliphatic rings. The van der Waals surface area contributed by atoms with E-state index < -0.39 is 17.9 Å². The van der Waals surface area contributed by atoms with E-state index in [-0.39, 0.29) is 27.4 Å². The minimum Gasteiger partial charge on any atom is -0.482 e. The van der Waals surface area contributed by atoms with Crippen LogP contribution in [0.5, 0.6) is 5.75 Å². The van der Waals surface area contributed by atoms with E-state index in [9.17, 15) is 9.59 Å². The van der Waals surface area contributed by atoms with Gasteiger partial charge in [0.05, 0.1) is 15.1 Å². The van der Waals surface area contributed by atoms with Crippen molar-refractivity contribution in [2.24, 2.45) is 0 Å². The highest BCUT2D eigenvalue weighted by atomic mass is 35.5. The summed E-state index contributed by atoms with van der Waals surface area (Å²) in [5.74, 6) is -1.54. The second kappa shape index (κ2) is 6.84. The summed E-state index contributed by atoms with van der Waals surface area (Å²) in [4.78, 5) is 21.9. The average Bonchev–Trinajstić information content (AvgIpc) is 2.32. The van der Waals surface area contributed by atoms with Gasteiger partial charge in [-0.25, -0.2) is 0 Å². The first-order chi connectivity index (χ1) is 8.81. The molecule has 104 valence electrons. The van der Waals surface area contributed by atoms with Crippen molar-refractivity contribution in [3.63, 3.8) is 0 Å². The Bertz CT molecular complexity index is 507. The molecule has 0 heterocycles. The van der Waals surface area contributed by atoms with Gasteiger partial charge in [0, 0.05) is 6.07 Å². The number of benzene rings is 1. The Morgan fingerprint density at radius 3 is 2.42 bits per heavy atom. The van der Waals surface area contributed by atoms with Crippen molar-refractivity contribution in [3.05, 3.63) is 27.2 Å². The van der Waals surface area contributed by atoms with E-state index in [1.165, 1.54) is 19.1 Å². The van der Waals surface area contributed by atoms with E-state index >= 15 is 0 Å². The van der Waals surface area contributed by atoms with E-state index in [2.05, 4.69) is 5.32 Å². The van der Waals surface area contributed by atoms with Gasteiger partial charge in [-0.15, -0.1) is 0 Å². The molecule has 0 aromatic heterocycles. The van der Waals surface area contributed by atoms with Gasteiger partial charge in [-0.05, 0) is 13.0 Å². The van der Waals surface area contributed by atoms with Crippen LogP contribution in [0.15, 0.2) is 12.1 Å². The highest BCUT2D eigenvalue weighted by molar-refractivity contribution is 6.43. The number of amides is 1. The zero-order chi connectivity index (χ0) is 14.6. The highest BCUT2D eigenvalue weighted by Crippen LogP contribution is 2.33.